The van der Waals surface area contributed by atoms with Crippen molar-refractivity contribution >= 4 is 15.9 Å². The summed E-state index contributed by atoms with van der Waals surface area (Å²) in [5.41, 5.74) is 7.79. The number of hydrogen-bond donors (Lipinski definition) is 1. The Labute approximate surface area is 134 Å². The molecule has 21 heavy (non-hydrogen) atoms. The van der Waals surface area contributed by atoms with E-state index in [9.17, 15) is 0 Å². The Kier molecular flexibility index (Phi) is 9.62. The molecule has 0 spiro atoms. The van der Waals surface area contributed by atoms with Crippen LogP contribution in [0, 0.1) is 6.92 Å². The summed E-state index contributed by atoms with van der Waals surface area (Å²) in [7, 11) is 1.65. The average Bonchev–Trinajstić information content (AvgIpc) is 2.46. The zero-order chi connectivity index (χ0) is 15.5. The maximum absolute atomic E-state index is 5.77. The second-order valence-corrected chi connectivity index (χ2v) is 5.40. The molecular formula is C15H24BrNO4. The quantitative estimate of drug-likeness (QED) is 0.612. The average molecular weight is 362 g/mol. The van der Waals surface area contributed by atoms with Crippen LogP contribution >= 0.6 is 15.9 Å². The van der Waals surface area contributed by atoms with Crippen LogP contribution in [0.4, 0.5) is 0 Å². The van der Waals surface area contributed by atoms with Gasteiger partial charge < -0.3 is 24.7 Å². The Balaban J connectivity index is 2.21. The van der Waals surface area contributed by atoms with Gasteiger partial charge in [0.25, 0.3) is 0 Å². The summed E-state index contributed by atoms with van der Waals surface area (Å²) in [6.07, 6.45) is 0. The molecule has 0 amide bonds. The highest BCUT2D eigenvalue weighted by Gasteiger charge is 2.07. The van der Waals surface area contributed by atoms with Gasteiger partial charge in [-0.1, -0.05) is 15.9 Å². The van der Waals surface area contributed by atoms with E-state index in [-0.39, 0.29) is 0 Å². The van der Waals surface area contributed by atoms with Crippen LogP contribution in [0.15, 0.2) is 16.6 Å². The van der Waals surface area contributed by atoms with E-state index >= 15 is 0 Å². The van der Waals surface area contributed by atoms with Crippen molar-refractivity contribution in [3.8, 4) is 5.75 Å². The highest BCUT2D eigenvalue weighted by atomic mass is 79.9. The summed E-state index contributed by atoms with van der Waals surface area (Å²) in [5, 5.41) is 0. The van der Waals surface area contributed by atoms with Crippen LogP contribution in [0.5, 0.6) is 5.75 Å². The number of hydrogen-bond acceptors (Lipinski definition) is 5. The van der Waals surface area contributed by atoms with Crippen molar-refractivity contribution in [2.45, 2.75) is 13.5 Å². The lowest BCUT2D eigenvalue weighted by Gasteiger charge is -2.14. The predicted octanol–water partition coefficient (Wildman–Crippen LogP) is 2.27. The molecular weight excluding hydrogens is 338 g/mol. The van der Waals surface area contributed by atoms with Gasteiger partial charge in [0.15, 0.2) is 0 Å². The minimum absolute atomic E-state index is 0.448. The molecule has 0 aromatic heterocycles. The first-order valence-corrected chi connectivity index (χ1v) is 7.74. The van der Waals surface area contributed by atoms with Crippen LogP contribution in [0.1, 0.15) is 11.1 Å². The van der Waals surface area contributed by atoms with Crippen LogP contribution in [-0.4, -0.2) is 46.8 Å². The molecule has 6 heteroatoms. The summed E-state index contributed by atoms with van der Waals surface area (Å²) in [5.74, 6) is 0.848. The van der Waals surface area contributed by atoms with Crippen molar-refractivity contribution < 1.29 is 18.9 Å². The maximum Gasteiger partial charge on any atom is 0.126 e. The van der Waals surface area contributed by atoms with Gasteiger partial charge >= 0.3 is 0 Å². The summed E-state index contributed by atoms with van der Waals surface area (Å²) in [6, 6.07) is 3.99. The van der Waals surface area contributed by atoms with Crippen LogP contribution in [-0.2, 0) is 20.8 Å². The van der Waals surface area contributed by atoms with Crippen molar-refractivity contribution in [2.75, 3.05) is 46.8 Å². The van der Waals surface area contributed by atoms with E-state index < -0.39 is 0 Å². The number of benzene rings is 1. The smallest absolute Gasteiger partial charge is 0.126 e. The first kappa shape index (κ1) is 18.4. The molecule has 0 saturated heterocycles. The number of rotatable bonds is 11. The molecule has 1 rings (SSSR count). The number of halogens is 1. The van der Waals surface area contributed by atoms with Gasteiger partial charge in [0, 0.05) is 23.7 Å². The Morgan fingerprint density at radius 1 is 1.00 bits per heavy atom. The van der Waals surface area contributed by atoms with Gasteiger partial charge in [0.05, 0.1) is 33.0 Å². The van der Waals surface area contributed by atoms with E-state index in [0.29, 0.717) is 46.2 Å². The number of methoxy groups -OCH3 is 1. The van der Waals surface area contributed by atoms with Gasteiger partial charge in [0.2, 0.25) is 0 Å². The SMILES string of the molecule is COCCOCCOCCOc1c(C)cc(Br)cc1CN. The van der Waals surface area contributed by atoms with Crippen LogP contribution in [0.2, 0.25) is 0 Å². The van der Waals surface area contributed by atoms with Crippen LogP contribution in [0.3, 0.4) is 0 Å². The monoisotopic (exact) mass is 361 g/mol. The Hall–Kier alpha value is -0.660. The molecule has 0 aliphatic heterocycles. The van der Waals surface area contributed by atoms with Gasteiger partial charge in [-0.25, -0.2) is 0 Å². The zero-order valence-electron chi connectivity index (χ0n) is 12.7. The summed E-state index contributed by atoms with van der Waals surface area (Å²) < 4.78 is 22.4. The molecule has 0 heterocycles. The largest absolute Gasteiger partial charge is 0.491 e. The van der Waals surface area contributed by atoms with Crippen LogP contribution < -0.4 is 10.5 Å². The lowest BCUT2D eigenvalue weighted by atomic mass is 10.1. The third kappa shape index (κ3) is 7.24. The molecule has 0 aliphatic rings. The summed E-state index contributed by atoms with van der Waals surface area (Å²) in [4.78, 5) is 0. The highest BCUT2D eigenvalue weighted by Crippen LogP contribution is 2.27. The second-order valence-electron chi connectivity index (χ2n) is 4.48. The number of nitrogens with two attached hydrogens (primary N) is 1. The highest BCUT2D eigenvalue weighted by molar-refractivity contribution is 9.10. The fourth-order valence-corrected chi connectivity index (χ4v) is 2.44. The van der Waals surface area contributed by atoms with E-state index in [1.165, 1.54) is 0 Å². The van der Waals surface area contributed by atoms with Gasteiger partial charge in [0.1, 0.15) is 12.4 Å². The molecule has 1 aromatic carbocycles. The predicted molar refractivity (Wildman–Crippen MR) is 85.8 cm³/mol. The van der Waals surface area contributed by atoms with Crippen molar-refractivity contribution in [1.29, 1.82) is 0 Å². The molecule has 0 unspecified atom stereocenters. The fourth-order valence-electron chi connectivity index (χ4n) is 1.82. The third-order valence-corrected chi connectivity index (χ3v) is 3.27. The molecule has 5 nitrogen and oxygen atoms in total. The maximum atomic E-state index is 5.77. The normalized spacial score (nSPS) is 10.9. The molecule has 2 N–H and O–H groups in total. The van der Waals surface area contributed by atoms with Gasteiger partial charge in [-0.3, -0.25) is 0 Å². The molecule has 0 radical (unpaired) electrons. The first-order valence-electron chi connectivity index (χ1n) is 6.95. The first-order chi connectivity index (χ1) is 10.2. The fraction of sp³-hybridized carbons (Fsp3) is 0.600. The Morgan fingerprint density at radius 2 is 1.62 bits per heavy atom. The molecule has 0 bridgehead atoms. The standard InChI is InChI=1S/C15H24BrNO4/c1-12-9-14(16)10-13(11-17)15(12)21-8-7-20-6-5-19-4-3-18-2/h9-10H,3-8,11,17H2,1-2H3. The zero-order valence-corrected chi connectivity index (χ0v) is 14.3. The van der Waals surface area contributed by atoms with Gasteiger partial charge in [-0.05, 0) is 24.6 Å². The summed E-state index contributed by atoms with van der Waals surface area (Å²) in [6.45, 7) is 5.78. The number of ether oxygens (including phenoxy) is 4. The molecule has 0 aliphatic carbocycles. The summed E-state index contributed by atoms with van der Waals surface area (Å²) >= 11 is 3.46. The minimum atomic E-state index is 0.448. The van der Waals surface area contributed by atoms with Crippen molar-refractivity contribution in [1.82, 2.24) is 0 Å². The molecule has 0 atom stereocenters. The second kappa shape index (κ2) is 11.0. The van der Waals surface area contributed by atoms with Crippen LogP contribution in [0.25, 0.3) is 0 Å². The van der Waals surface area contributed by atoms with Crippen molar-refractivity contribution in [3.05, 3.63) is 27.7 Å². The molecule has 120 valence electrons. The molecule has 0 saturated carbocycles. The Bertz CT molecular complexity index is 415. The lowest BCUT2D eigenvalue weighted by molar-refractivity contribution is 0.0178. The van der Waals surface area contributed by atoms with Crippen molar-refractivity contribution in [3.63, 3.8) is 0 Å². The molecule has 0 fully saturated rings. The van der Waals surface area contributed by atoms with E-state index in [4.69, 9.17) is 24.7 Å². The van der Waals surface area contributed by atoms with Crippen molar-refractivity contribution in [2.24, 2.45) is 5.73 Å². The topological polar surface area (TPSA) is 62.9 Å². The van der Waals surface area contributed by atoms with Gasteiger partial charge in [-0.15, -0.1) is 0 Å². The minimum Gasteiger partial charge on any atom is -0.491 e. The van der Waals surface area contributed by atoms with Gasteiger partial charge in [-0.2, -0.15) is 0 Å². The lowest BCUT2D eigenvalue weighted by Crippen LogP contribution is -2.13. The van der Waals surface area contributed by atoms with E-state index in [2.05, 4.69) is 15.9 Å². The van der Waals surface area contributed by atoms with E-state index in [0.717, 1.165) is 21.3 Å². The Morgan fingerprint density at radius 3 is 2.24 bits per heavy atom. The third-order valence-electron chi connectivity index (χ3n) is 2.81. The number of aryl methyl sites for hydroxylation is 1. The molecule has 1 aromatic rings. The van der Waals surface area contributed by atoms with E-state index in [1.807, 2.05) is 19.1 Å². The van der Waals surface area contributed by atoms with E-state index in [1.54, 1.807) is 7.11 Å².